The summed E-state index contributed by atoms with van der Waals surface area (Å²) in [6, 6.07) is 0. The number of aromatic nitrogens is 2. The van der Waals surface area contributed by atoms with Crippen LogP contribution in [0.25, 0.3) is 10.2 Å². The average molecular weight is 396 g/mol. The van der Waals surface area contributed by atoms with Crippen LogP contribution in [0.1, 0.15) is 30.7 Å². The molecule has 1 saturated heterocycles. The van der Waals surface area contributed by atoms with Crippen molar-refractivity contribution in [2.24, 2.45) is 0 Å². The van der Waals surface area contributed by atoms with Gasteiger partial charge in [0, 0.05) is 11.3 Å². The molecule has 4 rings (SSSR count). The molecule has 2 aliphatic heterocycles. The van der Waals surface area contributed by atoms with Gasteiger partial charge in [-0.1, -0.05) is 18.7 Å². The number of thioether (sulfide) groups is 1. The van der Waals surface area contributed by atoms with E-state index in [9.17, 15) is 0 Å². The second-order valence-electron chi connectivity index (χ2n) is 7.31. The maximum absolute atomic E-state index is 6.35. The third-order valence-electron chi connectivity index (χ3n) is 5.48. The highest BCUT2D eigenvalue weighted by molar-refractivity contribution is 7.99. The molecule has 2 aromatic heterocycles. The first-order valence-corrected chi connectivity index (χ1v) is 11.1. The number of hydrogen-bond donors (Lipinski definition) is 2. The lowest BCUT2D eigenvalue weighted by molar-refractivity contribution is -0.905. The fraction of sp³-hybridized carbons (Fsp3) is 0.667. The molecule has 8 heteroatoms. The fourth-order valence-electron chi connectivity index (χ4n) is 3.57. The zero-order valence-corrected chi connectivity index (χ0v) is 17.1. The highest BCUT2D eigenvalue weighted by Gasteiger charge is 2.33. The van der Waals surface area contributed by atoms with E-state index < -0.39 is 0 Å². The minimum absolute atomic E-state index is 0.109. The third kappa shape index (κ3) is 3.71. The quantitative estimate of drug-likeness (QED) is 0.591. The van der Waals surface area contributed by atoms with Gasteiger partial charge in [0.25, 0.3) is 0 Å². The molecule has 142 valence electrons. The zero-order valence-electron chi connectivity index (χ0n) is 15.5. The van der Waals surface area contributed by atoms with E-state index in [1.807, 2.05) is 0 Å². The van der Waals surface area contributed by atoms with Crippen LogP contribution in [0.2, 0.25) is 0 Å². The number of anilines is 1. The lowest BCUT2D eigenvalue weighted by Crippen LogP contribution is -3.14. The average Bonchev–Trinajstić information content (AvgIpc) is 3.00. The molecule has 26 heavy (non-hydrogen) atoms. The first-order valence-electron chi connectivity index (χ1n) is 9.34. The Hall–Kier alpha value is -0.930. The van der Waals surface area contributed by atoms with Gasteiger partial charge < -0.3 is 20.1 Å². The fourth-order valence-corrected chi connectivity index (χ4v) is 5.63. The largest absolute Gasteiger partial charge is 0.383 e. The van der Waals surface area contributed by atoms with Gasteiger partial charge >= 0.3 is 0 Å². The number of hydrogen-bond acceptors (Lipinski definition) is 7. The lowest BCUT2D eigenvalue weighted by Gasteiger charge is -2.33. The van der Waals surface area contributed by atoms with Crippen molar-refractivity contribution in [1.82, 2.24) is 9.97 Å². The monoisotopic (exact) mass is 395 g/mol. The van der Waals surface area contributed by atoms with E-state index in [0.29, 0.717) is 12.4 Å². The second-order valence-corrected chi connectivity index (χ2v) is 9.45. The summed E-state index contributed by atoms with van der Waals surface area (Å²) in [5.74, 6) is 1.62. The normalized spacial score (nSPS) is 24.1. The van der Waals surface area contributed by atoms with Crippen LogP contribution >= 0.6 is 23.1 Å². The van der Waals surface area contributed by atoms with Crippen LogP contribution in [-0.2, 0) is 22.5 Å². The second kappa shape index (κ2) is 7.59. The van der Waals surface area contributed by atoms with Crippen LogP contribution in [0.3, 0.4) is 0 Å². The number of nitrogens with zero attached hydrogens (tertiary/aromatic N) is 2. The van der Waals surface area contributed by atoms with Crippen LogP contribution in [0, 0.1) is 0 Å². The summed E-state index contributed by atoms with van der Waals surface area (Å²) in [7, 11) is 0. The molecular weight excluding hydrogens is 368 g/mol. The van der Waals surface area contributed by atoms with Crippen molar-refractivity contribution >= 4 is 39.1 Å². The van der Waals surface area contributed by atoms with Crippen LogP contribution in [0.4, 0.5) is 5.82 Å². The van der Waals surface area contributed by atoms with E-state index in [0.717, 1.165) is 66.8 Å². The number of fused-ring (bicyclic) bond motifs is 3. The smallest absolute Gasteiger partial charge is 0.191 e. The number of nitrogens with two attached hydrogens (primary N) is 1. The number of morpholine rings is 1. The molecule has 0 saturated carbocycles. The van der Waals surface area contributed by atoms with Crippen molar-refractivity contribution in [3.63, 3.8) is 0 Å². The van der Waals surface area contributed by atoms with Crippen LogP contribution in [0.5, 0.6) is 0 Å². The number of quaternary nitrogens is 1. The Labute approximate surface area is 162 Å². The molecule has 1 fully saturated rings. The van der Waals surface area contributed by atoms with Crippen molar-refractivity contribution in [3.8, 4) is 0 Å². The van der Waals surface area contributed by atoms with Gasteiger partial charge in [-0.15, -0.1) is 11.3 Å². The number of rotatable bonds is 5. The Morgan fingerprint density at radius 2 is 2.12 bits per heavy atom. The Balaban J connectivity index is 1.50. The number of thiophene rings is 1. The van der Waals surface area contributed by atoms with Crippen LogP contribution in [0.15, 0.2) is 5.16 Å². The number of nitrogens with one attached hydrogen (secondary N) is 1. The molecule has 0 amide bonds. The third-order valence-corrected chi connectivity index (χ3v) is 7.43. The topological polar surface area (TPSA) is 74.7 Å². The molecular formula is C18H27N4O2S2+. The molecule has 0 unspecified atom stereocenters. The highest BCUT2D eigenvalue weighted by atomic mass is 32.2. The van der Waals surface area contributed by atoms with Gasteiger partial charge in [0.15, 0.2) is 5.16 Å². The number of nitrogen functional groups attached to an aromatic ring is 1. The molecule has 6 nitrogen and oxygen atoms in total. The van der Waals surface area contributed by atoms with Crippen molar-refractivity contribution in [3.05, 3.63) is 10.4 Å². The van der Waals surface area contributed by atoms with Crippen molar-refractivity contribution in [1.29, 1.82) is 0 Å². The van der Waals surface area contributed by atoms with Gasteiger partial charge in [0.05, 0.1) is 43.1 Å². The Bertz CT molecular complexity index is 791. The standard InChI is InChI=1S/C18H26N4O2S2/c1-3-18(2)10-12-13(11-24-18)26-16-14(12)15(19)20-17(21-16)25-9-6-22-4-7-23-8-5-22/h3-11H2,1-2H3,(H2,19,20,21)/p+1/t18-/m1/s1. The van der Waals surface area contributed by atoms with Crippen LogP contribution in [-0.4, -0.2) is 54.2 Å². The van der Waals surface area contributed by atoms with Crippen LogP contribution < -0.4 is 10.6 Å². The van der Waals surface area contributed by atoms with Gasteiger partial charge in [-0.2, -0.15) is 0 Å². The Kier molecular flexibility index (Phi) is 5.38. The Morgan fingerprint density at radius 3 is 2.88 bits per heavy atom. The summed E-state index contributed by atoms with van der Waals surface area (Å²) < 4.78 is 11.5. The summed E-state index contributed by atoms with van der Waals surface area (Å²) in [6.07, 6.45) is 1.88. The molecule has 0 aromatic carbocycles. The molecule has 0 aliphatic carbocycles. The summed E-state index contributed by atoms with van der Waals surface area (Å²) in [5, 5.41) is 1.84. The van der Waals surface area contributed by atoms with E-state index in [1.165, 1.54) is 10.4 Å². The molecule has 0 radical (unpaired) electrons. The molecule has 2 aliphatic rings. The molecule has 3 N–H and O–H groups in total. The first-order chi connectivity index (χ1) is 12.6. The minimum atomic E-state index is -0.109. The minimum Gasteiger partial charge on any atom is -0.383 e. The van der Waals surface area contributed by atoms with E-state index in [-0.39, 0.29) is 5.60 Å². The molecule has 2 aromatic rings. The summed E-state index contributed by atoms with van der Waals surface area (Å²) in [4.78, 5) is 13.3. The van der Waals surface area contributed by atoms with Gasteiger partial charge in [0.1, 0.15) is 23.7 Å². The van der Waals surface area contributed by atoms with Gasteiger partial charge in [0.2, 0.25) is 0 Å². The maximum atomic E-state index is 6.35. The summed E-state index contributed by atoms with van der Waals surface area (Å²) in [5.41, 5.74) is 7.54. The van der Waals surface area contributed by atoms with Crippen molar-refractivity contribution < 1.29 is 14.4 Å². The van der Waals surface area contributed by atoms with E-state index in [1.54, 1.807) is 28.0 Å². The van der Waals surface area contributed by atoms with E-state index in [2.05, 4.69) is 18.8 Å². The van der Waals surface area contributed by atoms with Crippen molar-refractivity contribution in [2.45, 2.75) is 44.1 Å². The summed E-state index contributed by atoms with van der Waals surface area (Å²) >= 11 is 3.41. The predicted octanol–water partition coefficient (Wildman–Crippen LogP) is 1.52. The van der Waals surface area contributed by atoms with Gasteiger partial charge in [-0.25, -0.2) is 9.97 Å². The lowest BCUT2D eigenvalue weighted by atomic mass is 9.90. The van der Waals surface area contributed by atoms with E-state index in [4.69, 9.17) is 20.2 Å². The molecule has 0 spiro atoms. The first kappa shape index (κ1) is 18.4. The van der Waals surface area contributed by atoms with Gasteiger partial charge in [-0.3, -0.25) is 0 Å². The zero-order chi connectivity index (χ0) is 18.1. The SMILES string of the molecule is CC[C@]1(C)Cc2c(sc3nc(SCC[NH+]4CCOCC4)nc(N)c23)CO1. The molecule has 4 heterocycles. The maximum Gasteiger partial charge on any atom is 0.191 e. The number of ether oxygens (including phenoxy) is 2. The Morgan fingerprint density at radius 1 is 1.31 bits per heavy atom. The highest BCUT2D eigenvalue weighted by Crippen LogP contribution is 2.41. The predicted molar refractivity (Wildman–Crippen MR) is 106 cm³/mol. The summed E-state index contributed by atoms with van der Waals surface area (Å²) in [6.45, 7) is 10.0. The van der Waals surface area contributed by atoms with Crippen molar-refractivity contribution in [2.75, 3.05) is 44.3 Å². The van der Waals surface area contributed by atoms with Gasteiger partial charge in [-0.05, 0) is 18.9 Å². The molecule has 1 atom stereocenters. The molecule has 0 bridgehead atoms. The van der Waals surface area contributed by atoms with E-state index >= 15 is 0 Å².